The Morgan fingerprint density at radius 3 is 2.42 bits per heavy atom. The van der Waals surface area contributed by atoms with Crippen molar-refractivity contribution in [1.29, 1.82) is 0 Å². The molecule has 2 aliphatic rings. The number of carboxylic acid groups (broad SMARTS) is 1. The highest BCUT2D eigenvalue weighted by atomic mass is 16.4. The van der Waals surface area contributed by atoms with Crippen LogP contribution in [0.5, 0.6) is 0 Å². The van der Waals surface area contributed by atoms with Crippen LogP contribution in [0.4, 0.5) is 0 Å². The number of amides is 2. The maximum atomic E-state index is 12.9. The van der Waals surface area contributed by atoms with Crippen LogP contribution in [0.1, 0.15) is 71.1 Å². The molecule has 0 heterocycles. The van der Waals surface area contributed by atoms with Gasteiger partial charge in [-0.15, -0.1) is 0 Å². The molecule has 0 aromatic rings. The summed E-state index contributed by atoms with van der Waals surface area (Å²) in [4.78, 5) is 35.8. The van der Waals surface area contributed by atoms with Crippen molar-refractivity contribution in [3.05, 3.63) is 0 Å². The van der Waals surface area contributed by atoms with Crippen molar-refractivity contribution in [3.63, 3.8) is 0 Å². The van der Waals surface area contributed by atoms with Gasteiger partial charge in [-0.2, -0.15) is 0 Å². The Kier molecular flexibility index (Phi) is 6.24. The monoisotopic (exact) mass is 338 g/mol. The number of carbonyl (C=O) groups excluding carboxylic acids is 2. The van der Waals surface area contributed by atoms with Gasteiger partial charge in [0.1, 0.15) is 0 Å². The molecule has 2 saturated carbocycles. The van der Waals surface area contributed by atoms with Gasteiger partial charge in [-0.3, -0.25) is 14.4 Å². The molecular weight excluding hydrogens is 308 g/mol. The molecule has 2 rings (SSSR count). The average molecular weight is 338 g/mol. The third-order valence-electron chi connectivity index (χ3n) is 5.84. The molecule has 0 spiro atoms. The number of rotatable bonds is 8. The highest BCUT2D eigenvalue weighted by Crippen LogP contribution is 2.44. The summed E-state index contributed by atoms with van der Waals surface area (Å²) >= 11 is 0. The molecule has 24 heavy (non-hydrogen) atoms. The summed E-state index contributed by atoms with van der Waals surface area (Å²) in [5, 5.41) is 12.6. The summed E-state index contributed by atoms with van der Waals surface area (Å²) in [5.41, 5.74) is 4.80. The van der Waals surface area contributed by atoms with Crippen LogP contribution >= 0.6 is 0 Å². The second-order valence-electron chi connectivity index (χ2n) is 7.60. The molecular formula is C18H30N2O4. The number of hydrogen-bond acceptors (Lipinski definition) is 3. The van der Waals surface area contributed by atoms with E-state index >= 15 is 0 Å². The van der Waals surface area contributed by atoms with Gasteiger partial charge in [0, 0.05) is 12.0 Å². The number of primary amides is 1. The van der Waals surface area contributed by atoms with Gasteiger partial charge in [0.15, 0.2) is 0 Å². The van der Waals surface area contributed by atoms with Crippen LogP contribution in [0.3, 0.4) is 0 Å². The molecule has 4 N–H and O–H groups in total. The molecule has 6 nitrogen and oxygen atoms in total. The first-order valence-corrected chi connectivity index (χ1v) is 9.21. The maximum absolute atomic E-state index is 12.9. The number of carboxylic acids is 1. The summed E-state index contributed by atoms with van der Waals surface area (Å²) < 4.78 is 0. The largest absolute Gasteiger partial charge is 0.481 e. The maximum Gasteiger partial charge on any atom is 0.306 e. The van der Waals surface area contributed by atoms with Crippen LogP contribution < -0.4 is 11.1 Å². The van der Waals surface area contributed by atoms with Crippen molar-refractivity contribution < 1.29 is 19.5 Å². The van der Waals surface area contributed by atoms with Gasteiger partial charge in [0.05, 0.1) is 11.3 Å². The Balaban J connectivity index is 2.02. The van der Waals surface area contributed by atoms with E-state index in [1.54, 1.807) is 0 Å². The molecule has 0 bridgehead atoms. The Hall–Kier alpha value is -1.59. The topological polar surface area (TPSA) is 109 Å². The summed E-state index contributed by atoms with van der Waals surface area (Å²) in [5.74, 6) is -1.72. The molecule has 0 aromatic heterocycles. The number of carbonyl (C=O) groups is 3. The van der Waals surface area contributed by atoms with Gasteiger partial charge in [0.25, 0.3) is 0 Å². The third kappa shape index (κ3) is 4.28. The van der Waals surface area contributed by atoms with Gasteiger partial charge in [0.2, 0.25) is 11.8 Å². The molecule has 2 fully saturated rings. The lowest BCUT2D eigenvalue weighted by Crippen LogP contribution is -2.45. The van der Waals surface area contributed by atoms with Gasteiger partial charge in [-0.25, -0.2) is 0 Å². The number of nitrogens with two attached hydrogens (primary N) is 1. The molecule has 2 amide bonds. The minimum Gasteiger partial charge on any atom is -0.481 e. The predicted octanol–water partition coefficient (Wildman–Crippen LogP) is 2.21. The molecule has 3 atom stereocenters. The zero-order valence-corrected chi connectivity index (χ0v) is 14.6. The van der Waals surface area contributed by atoms with Gasteiger partial charge in [-0.1, -0.05) is 26.2 Å². The molecule has 2 aliphatic carbocycles. The van der Waals surface area contributed by atoms with E-state index in [9.17, 15) is 19.5 Å². The van der Waals surface area contributed by atoms with E-state index in [0.29, 0.717) is 19.3 Å². The fraction of sp³-hybridized carbons (Fsp3) is 0.833. The normalized spacial score (nSPS) is 26.9. The smallest absolute Gasteiger partial charge is 0.306 e. The number of nitrogens with one attached hydrogen (secondary N) is 1. The fourth-order valence-corrected chi connectivity index (χ4v) is 4.42. The van der Waals surface area contributed by atoms with Crippen molar-refractivity contribution in [3.8, 4) is 0 Å². The van der Waals surface area contributed by atoms with E-state index in [1.165, 1.54) is 0 Å². The molecule has 0 saturated heterocycles. The van der Waals surface area contributed by atoms with Crippen molar-refractivity contribution in [2.45, 2.75) is 77.2 Å². The van der Waals surface area contributed by atoms with E-state index < -0.39 is 17.3 Å². The summed E-state index contributed by atoms with van der Waals surface area (Å²) in [7, 11) is 0. The molecule has 6 heteroatoms. The first-order valence-electron chi connectivity index (χ1n) is 9.21. The third-order valence-corrected chi connectivity index (χ3v) is 5.84. The van der Waals surface area contributed by atoms with Gasteiger partial charge < -0.3 is 16.2 Å². The summed E-state index contributed by atoms with van der Waals surface area (Å²) in [6.07, 6.45) is 7.41. The molecule has 0 radical (unpaired) electrons. The lowest BCUT2D eigenvalue weighted by atomic mass is 9.75. The molecule has 136 valence electrons. The highest BCUT2D eigenvalue weighted by molar-refractivity contribution is 5.84. The second kappa shape index (κ2) is 7.99. The predicted molar refractivity (Wildman–Crippen MR) is 90.0 cm³/mol. The van der Waals surface area contributed by atoms with E-state index in [-0.39, 0.29) is 23.8 Å². The van der Waals surface area contributed by atoms with Crippen molar-refractivity contribution >= 4 is 17.8 Å². The lowest BCUT2D eigenvalue weighted by molar-refractivity contribution is -0.144. The van der Waals surface area contributed by atoms with Crippen LogP contribution in [0.15, 0.2) is 0 Å². The van der Waals surface area contributed by atoms with Crippen molar-refractivity contribution in [1.82, 2.24) is 5.32 Å². The highest BCUT2D eigenvalue weighted by Gasteiger charge is 2.45. The summed E-state index contributed by atoms with van der Waals surface area (Å²) in [6, 6.07) is -0.0121. The van der Waals surface area contributed by atoms with Crippen LogP contribution in [-0.2, 0) is 14.4 Å². The minimum absolute atomic E-state index is 0.0121. The minimum atomic E-state index is -0.800. The number of hydrogen-bond donors (Lipinski definition) is 3. The zero-order valence-electron chi connectivity index (χ0n) is 14.6. The summed E-state index contributed by atoms with van der Waals surface area (Å²) in [6.45, 7) is 1.97. The second-order valence-corrected chi connectivity index (χ2v) is 7.60. The SMILES string of the molecule is CCCC(CC1(C(=O)N[C@@H]2CC[C@H](C(N)=O)C2)CCCC1)C(=O)O. The van der Waals surface area contributed by atoms with E-state index in [4.69, 9.17) is 5.73 Å². The molecule has 0 aromatic carbocycles. The average Bonchev–Trinajstić information content (AvgIpc) is 3.16. The van der Waals surface area contributed by atoms with E-state index in [2.05, 4.69) is 5.32 Å². The Morgan fingerprint density at radius 1 is 1.25 bits per heavy atom. The Labute approximate surface area is 143 Å². The van der Waals surface area contributed by atoms with Crippen LogP contribution in [0, 0.1) is 17.3 Å². The van der Waals surface area contributed by atoms with Crippen molar-refractivity contribution in [2.75, 3.05) is 0 Å². The standard InChI is InChI=1S/C18H30N2O4/c1-2-5-13(16(22)23)11-18(8-3-4-9-18)17(24)20-14-7-6-12(10-14)15(19)21/h12-14H,2-11H2,1H3,(H2,19,21)(H,20,24)(H,22,23)/t12-,13?,14+/m0/s1. The van der Waals surface area contributed by atoms with E-state index in [1.807, 2.05) is 6.92 Å². The lowest BCUT2D eigenvalue weighted by Gasteiger charge is -2.32. The Morgan fingerprint density at radius 2 is 1.92 bits per heavy atom. The first kappa shape index (κ1) is 18.7. The van der Waals surface area contributed by atoms with Crippen LogP contribution in [0.25, 0.3) is 0 Å². The fourth-order valence-electron chi connectivity index (χ4n) is 4.42. The van der Waals surface area contributed by atoms with Gasteiger partial charge in [-0.05, 0) is 44.9 Å². The molecule has 1 unspecified atom stereocenters. The van der Waals surface area contributed by atoms with Gasteiger partial charge >= 0.3 is 5.97 Å². The number of aliphatic carboxylic acids is 1. The van der Waals surface area contributed by atoms with Crippen LogP contribution in [0.2, 0.25) is 0 Å². The van der Waals surface area contributed by atoms with Crippen LogP contribution in [-0.4, -0.2) is 28.9 Å². The van der Waals surface area contributed by atoms with Crippen molar-refractivity contribution in [2.24, 2.45) is 23.0 Å². The molecule has 0 aliphatic heterocycles. The Bertz CT molecular complexity index is 485. The zero-order chi connectivity index (χ0) is 17.7. The first-order chi connectivity index (χ1) is 11.4. The quantitative estimate of drug-likeness (QED) is 0.630. The van der Waals surface area contributed by atoms with E-state index in [0.717, 1.165) is 44.9 Å².